The third kappa shape index (κ3) is 2.94. The van der Waals surface area contributed by atoms with Crippen LogP contribution in [0.3, 0.4) is 0 Å². The van der Waals surface area contributed by atoms with Crippen LogP contribution in [0.1, 0.15) is 6.42 Å². The summed E-state index contributed by atoms with van der Waals surface area (Å²) in [5.41, 5.74) is 3.57. The first kappa shape index (κ1) is 16.3. The maximum atomic E-state index is 11.6. The van der Waals surface area contributed by atoms with Gasteiger partial charge in [0.1, 0.15) is 24.4 Å². The lowest BCUT2D eigenvalue weighted by Crippen LogP contribution is -2.61. The van der Waals surface area contributed by atoms with Gasteiger partial charge in [0, 0.05) is 6.42 Å². The Morgan fingerprint density at radius 1 is 1.29 bits per heavy atom. The molecule has 7 N–H and O–H groups in total. The van der Waals surface area contributed by atoms with Crippen LogP contribution >= 0.6 is 0 Å². The van der Waals surface area contributed by atoms with E-state index in [0.29, 0.717) is 0 Å². The third-order valence-corrected chi connectivity index (χ3v) is 3.69. The van der Waals surface area contributed by atoms with Crippen molar-refractivity contribution >= 4 is 5.91 Å². The molecule has 0 bridgehead atoms. The Balaban J connectivity index is 2.17. The van der Waals surface area contributed by atoms with E-state index in [2.05, 4.69) is 0 Å². The van der Waals surface area contributed by atoms with E-state index in [0.717, 1.165) is 0 Å². The highest BCUT2D eigenvalue weighted by Gasteiger charge is 2.50. The molecule has 1 fully saturated rings. The first-order chi connectivity index (χ1) is 9.80. The van der Waals surface area contributed by atoms with Crippen molar-refractivity contribution in [2.75, 3.05) is 6.61 Å². The predicted molar refractivity (Wildman–Crippen MR) is 66.5 cm³/mol. The number of aliphatic hydroxyl groups is 5. The molecule has 0 unspecified atom stereocenters. The molecule has 0 aromatic heterocycles. The molecule has 7 atom stereocenters. The Kier molecular flexibility index (Phi) is 4.63. The molecule has 1 aliphatic heterocycles. The number of rotatable bonds is 4. The van der Waals surface area contributed by atoms with Gasteiger partial charge in [-0.1, -0.05) is 6.08 Å². The van der Waals surface area contributed by atoms with Crippen LogP contribution in [0.5, 0.6) is 0 Å². The van der Waals surface area contributed by atoms with Gasteiger partial charge < -0.3 is 40.7 Å². The van der Waals surface area contributed by atoms with E-state index in [4.69, 9.17) is 20.3 Å². The van der Waals surface area contributed by atoms with Gasteiger partial charge in [0.15, 0.2) is 11.9 Å². The van der Waals surface area contributed by atoms with Crippen molar-refractivity contribution < 1.29 is 39.8 Å². The van der Waals surface area contributed by atoms with E-state index in [-0.39, 0.29) is 6.42 Å². The zero-order chi connectivity index (χ0) is 15.8. The third-order valence-electron chi connectivity index (χ3n) is 3.69. The zero-order valence-electron chi connectivity index (χ0n) is 11.1. The number of carbonyl (C=O) groups excluding carboxylic acids is 1. The molecule has 0 spiro atoms. The summed E-state index contributed by atoms with van der Waals surface area (Å²) in [5.74, 6) is -0.896. The minimum atomic E-state index is -1.69. The highest BCUT2D eigenvalue weighted by Crippen LogP contribution is 2.32. The summed E-state index contributed by atoms with van der Waals surface area (Å²) >= 11 is 0. The van der Waals surface area contributed by atoms with Crippen LogP contribution in [0.25, 0.3) is 0 Å². The van der Waals surface area contributed by atoms with Crippen molar-refractivity contribution in [3.8, 4) is 0 Å². The molecule has 0 aromatic rings. The largest absolute Gasteiger partial charge is 0.394 e. The Morgan fingerprint density at radius 3 is 2.43 bits per heavy atom. The smallest absolute Gasteiger partial charge is 0.253 e. The van der Waals surface area contributed by atoms with Gasteiger partial charge >= 0.3 is 0 Å². The average Bonchev–Trinajstić information content (AvgIpc) is 2.82. The molecule has 0 aromatic carbocycles. The number of nitrogens with two attached hydrogens (primary N) is 1. The lowest BCUT2D eigenvalue weighted by atomic mass is 9.97. The fourth-order valence-corrected chi connectivity index (χ4v) is 2.41. The maximum Gasteiger partial charge on any atom is 0.253 e. The number of carbonyl (C=O) groups is 1. The monoisotopic (exact) mass is 305 g/mol. The maximum absolute atomic E-state index is 11.6. The van der Waals surface area contributed by atoms with E-state index < -0.39 is 54.9 Å². The minimum absolute atomic E-state index is 0.155. The highest BCUT2D eigenvalue weighted by molar-refractivity contribution is 5.86. The van der Waals surface area contributed by atoms with Gasteiger partial charge in [-0.05, 0) is 6.08 Å². The highest BCUT2D eigenvalue weighted by atomic mass is 16.7. The molecular formula is C12H19NO8. The molecule has 9 nitrogen and oxygen atoms in total. The second-order valence-electron chi connectivity index (χ2n) is 5.20. The van der Waals surface area contributed by atoms with Crippen LogP contribution in [-0.2, 0) is 14.3 Å². The van der Waals surface area contributed by atoms with E-state index in [1.165, 1.54) is 12.2 Å². The summed E-state index contributed by atoms with van der Waals surface area (Å²) in [6.07, 6.45) is -5.99. The van der Waals surface area contributed by atoms with Gasteiger partial charge in [0.25, 0.3) is 5.91 Å². The van der Waals surface area contributed by atoms with Crippen LogP contribution in [0.4, 0.5) is 0 Å². The topological polar surface area (TPSA) is 163 Å². The molecule has 0 radical (unpaired) electrons. The Bertz CT molecular complexity index is 427. The van der Waals surface area contributed by atoms with Crippen molar-refractivity contribution in [2.24, 2.45) is 5.73 Å². The summed E-state index contributed by atoms with van der Waals surface area (Å²) in [6.45, 7) is -0.618. The molecule has 1 aliphatic carbocycles. The van der Waals surface area contributed by atoms with Crippen LogP contribution in [-0.4, -0.2) is 80.5 Å². The molecule has 1 amide bonds. The molecule has 1 heterocycles. The summed E-state index contributed by atoms with van der Waals surface area (Å²) in [4.78, 5) is 11.6. The number of ether oxygens (including phenoxy) is 2. The summed E-state index contributed by atoms with van der Waals surface area (Å²) in [5, 5.41) is 47.8. The SMILES string of the molecule is NC(=O)[C@@]1(O[C@@H]2O[C@H](CO)[C@@H](O)[C@H](O)[C@H]2O)C=C[C@@H](O)C1. The number of aliphatic hydroxyl groups excluding tert-OH is 5. The van der Waals surface area contributed by atoms with Crippen LogP contribution in [0.15, 0.2) is 12.2 Å². The first-order valence-electron chi connectivity index (χ1n) is 6.46. The van der Waals surface area contributed by atoms with Gasteiger partial charge in [0.2, 0.25) is 0 Å². The summed E-state index contributed by atoms with van der Waals surface area (Å²) in [6, 6.07) is 0. The zero-order valence-corrected chi connectivity index (χ0v) is 11.1. The number of hydrogen-bond acceptors (Lipinski definition) is 8. The van der Waals surface area contributed by atoms with E-state index in [1.54, 1.807) is 0 Å². The quantitative estimate of drug-likeness (QED) is 0.289. The number of amides is 1. The van der Waals surface area contributed by atoms with Crippen LogP contribution < -0.4 is 5.73 Å². The fraction of sp³-hybridized carbons (Fsp3) is 0.750. The summed E-state index contributed by atoms with van der Waals surface area (Å²) < 4.78 is 10.5. The molecule has 2 rings (SSSR count). The molecule has 2 aliphatic rings. The first-order valence-corrected chi connectivity index (χ1v) is 6.46. The molecule has 120 valence electrons. The van der Waals surface area contributed by atoms with Crippen molar-refractivity contribution in [3.63, 3.8) is 0 Å². The van der Waals surface area contributed by atoms with Crippen molar-refractivity contribution in [1.29, 1.82) is 0 Å². The van der Waals surface area contributed by atoms with Gasteiger partial charge in [-0.3, -0.25) is 4.79 Å². The Labute approximate surface area is 120 Å². The molecule has 0 saturated carbocycles. The van der Waals surface area contributed by atoms with Crippen LogP contribution in [0.2, 0.25) is 0 Å². The van der Waals surface area contributed by atoms with Crippen molar-refractivity contribution in [2.45, 2.75) is 48.8 Å². The summed E-state index contributed by atoms with van der Waals surface area (Å²) in [7, 11) is 0. The molecular weight excluding hydrogens is 286 g/mol. The molecule has 9 heteroatoms. The Morgan fingerprint density at radius 2 is 1.95 bits per heavy atom. The van der Waals surface area contributed by atoms with Crippen molar-refractivity contribution in [1.82, 2.24) is 0 Å². The normalized spacial score (nSPS) is 46.7. The lowest BCUT2D eigenvalue weighted by Gasteiger charge is -2.42. The minimum Gasteiger partial charge on any atom is -0.394 e. The fourth-order valence-electron chi connectivity index (χ4n) is 2.41. The molecule has 21 heavy (non-hydrogen) atoms. The number of primary amides is 1. The van der Waals surface area contributed by atoms with Gasteiger partial charge in [-0.2, -0.15) is 0 Å². The second-order valence-corrected chi connectivity index (χ2v) is 5.20. The Hall–Kier alpha value is -1.07. The molecule has 1 saturated heterocycles. The van der Waals surface area contributed by atoms with Gasteiger partial charge in [-0.25, -0.2) is 0 Å². The van der Waals surface area contributed by atoms with E-state index >= 15 is 0 Å². The van der Waals surface area contributed by atoms with E-state index in [9.17, 15) is 25.2 Å². The average molecular weight is 305 g/mol. The predicted octanol–water partition coefficient (Wildman–Crippen LogP) is -3.65. The van der Waals surface area contributed by atoms with Crippen molar-refractivity contribution in [3.05, 3.63) is 12.2 Å². The van der Waals surface area contributed by atoms with Gasteiger partial charge in [-0.15, -0.1) is 0 Å². The van der Waals surface area contributed by atoms with E-state index in [1.807, 2.05) is 0 Å². The standard InChI is InChI=1S/C12H19NO8/c13-11(19)12(2-1-5(15)3-12)21-10-9(18)8(17)7(16)6(4-14)20-10/h1-2,5-10,14-18H,3-4H2,(H2,13,19)/t5-,6-,7-,8+,9-,10+,12-/m1/s1. The van der Waals surface area contributed by atoms with Gasteiger partial charge in [0.05, 0.1) is 12.7 Å². The lowest BCUT2D eigenvalue weighted by molar-refractivity contribution is -0.317. The number of hydrogen-bond donors (Lipinski definition) is 6. The van der Waals surface area contributed by atoms with Crippen LogP contribution in [0, 0.1) is 0 Å². The second kappa shape index (κ2) is 5.97.